The van der Waals surface area contributed by atoms with Gasteiger partial charge in [0.2, 0.25) is 5.91 Å². The van der Waals surface area contributed by atoms with Crippen LogP contribution in [0.15, 0.2) is 34.8 Å². The Morgan fingerprint density at radius 3 is 2.57 bits per heavy atom. The molecular weight excluding hydrogens is 373 g/mol. The molecule has 0 heterocycles. The predicted octanol–water partition coefficient (Wildman–Crippen LogP) is 4.62. The first-order valence-electron chi connectivity index (χ1n) is 6.82. The summed E-state index contributed by atoms with van der Waals surface area (Å²) in [7, 11) is 0. The minimum Gasteiger partial charge on any atom is -0.382 e. The Balaban J connectivity index is 1.87. The molecule has 0 saturated heterocycles. The van der Waals surface area contributed by atoms with Gasteiger partial charge in [-0.1, -0.05) is 22.0 Å². The van der Waals surface area contributed by atoms with Crippen LogP contribution in [0.25, 0.3) is 0 Å². The molecule has 0 radical (unpaired) electrons. The number of anilines is 2. The van der Waals surface area contributed by atoms with E-state index in [1.54, 1.807) is 12.1 Å². The molecule has 0 aromatic heterocycles. The van der Waals surface area contributed by atoms with Crippen LogP contribution in [0.1, 0.15) is 12.0 Å². The largest absolute Gasteiger partial charge is 0.382 e. The number of benzene rings is 2. The summed E-state index contributed by atoms with van der Waals surface area (Å²) in [5.41, 5.74) is 1.49. The van der Waals surface area contributed by atoms with Gasteiger partial charge >= 0.3 is 0 Å². The molecule has 23 heavy (non-hydrogen) atoms. The molecule has 2 aromatic rings. The van der Waals surface area contributed by atoms with Crippen LogP contribution in [0.4, 0.5) is 24.5 Å². The van der Waals surface area contributed by atoms with E-state index in [1.165, 1.54) is 0 Å². The number of hydrogen-bond acceptors (Lipinski definition) is 2. The predicted molar refractivity (Wildman–Crippen MR) is 86.9 cm³/mol. The zero-order chi connectivity index (χ0) is 17.0. The van der Waals surface area contributed by atoms with Gasteiger partial charge in [-0.2, -0.15) is 0 Å². The smallest absolute Gasteiger partial charge is 0.226 e. The summed E-state index contributed by atoms with van der Waals surface area (Å²) >= 11 is 3.37. The first-order valence-corrected chi connectivity index (χ1v) is 7.61. The fourth-order valence-corrected chi connectivity index (χ4v) is 2.25. The molecule has 2 aromatic carbocycles. The SMILES string of the molecule is Cc1ccc(NC(=O)CCNc2ccc(F)c(F)c2F)cc1Br. The van der Waals surface area contributed by atoms with Gasteiger partial charge in [-0.15, -0.1) is 0 Å². The quantitative estimate of drug-likeness (QED) is 0.736. The lowest BCUT2D eigenvalue weighted by Gasteiger charge is -2.09. The maximum absolute atomic E-state index is 13.4. The maximum Gasteiger partial charge on any atom is 0.226 e. The van der Waals surface area contributed by atoms with Crippen LogP contribution in [0, 0.1) is 24.4 Å². The van der Waals surface area contributed by atoms with Gasteiger partial charge in [0, 0.05) is 23.1 Å². The number of aryl methyl sites for hydroxylation is 1. The van der Waals surface area contributed by atoms with Crippen LogP contribution < -0.4 is 10.6 Å². The fourth-order valence-electron chi connectivity index (χ4n) is 1.87. The molecule has 0 aliphatic rings. The Morgan fingerprint density at radius 2 is 1.87 bits per heavy atom. The average Bonchev–Trinajstić information content (AvgIpc) is 2.51. The highest BCUT2D eigenvalue weighted by Crippen LogP contribution is 2.21. The van der Waals surface area contributed by atoms with Gasteiger partial charge in [0.25, 0.3) is 0 Å². The standard InChI is InChI=1S/C16H14BrF3N2O/c1-9-2-3-10(8-11(9)17)22-14(23)6-7-21-13-5-4-12(18)15(19)16(13)20/h2-5,8,21H,6-7H2,1H3,(H,22,23). The fraction of sp³-hybridized carbons (Fsp3) is 0.188. The molecule has 7 heteroatoms. The lowest BCUT2D eigenvalue weighted by atomic mass is 10.2. The van der Waals surface area contributed by atoms with E-state index >= 15 is 0 Å². The van der Waals surface area contributed by atoms with Gasteiger partial charge in [-0.05, 0) is 36.8 Å². The highest BCUT2D eigenvalue weighted by atomic mass is 79.9. The summed E-state index contributed by atoms with van der Waals surface area (Å²) in [6.07, 6.45) is 0.0456. The molecule has 0 aliphatic carbocycles. The summed E-state index contributed by atoms with van der Waals surface area (Å²) in [6.45, 7) is 2.01. The lowest BCUT2D eigenvalue weighted by molar-refractivity contribution is -0.115. The molecule has 0 bridgehead atoms. The Hall–Kier alpha value is -2.02. The number of nitrogens with one attached hydrogen (secondary N) is 2. The Kier molecular flexibility index (Phi) is 5.65. The molecule has 2 rings (SSSR count). The van der Waals surface area contributed by atoms with Gasteiger partial charge in [-0.25, -0.2) is 13.2 Å². The first kappa shape index (κ1) is 17.3. The molecule has 0 aliphatic heterocycles. The second-order valence-corrected chi connectivity index (χ2v) is 5.77. The summed E-state index contributed by atoms with van der Waals surface area (Å²) in [4.78, 5) is 11.8. The summed E-state index contributed by atoms with van der Waals surface area (Å²) < 4.78 is 40.2. The number of halogens is 4. The van der Waals surface area contributed by atoms with E-state index in [1.807, 2.05) is 13.0 Å². The Morgan fingerprint density at radius 1 is 1.13 bits per heavy atom. The minimum atomic E-state index is -1.54. The number of hydrogen-bond donors (Lipinski definition) is 2. The molecule has 2 N–H and O–H groups in total. The normalized spacial score (nSPS) is 10.5. The lowest BCUT2D eigenvalue weighted by Crippen LogP contribution is -2.17. The van der Waals surface area contributed by atoms with E-state index in [-0.39, 0.29) is 24.6 Å². The number of amides is 1. The van der Waals surface area contributed by atoms with E-state index < -0.39 is 17.5 Å². The molecule has 0 atom stereocenters. The van der Waals surface area contributed by atoms with Gasteiger partial charge in [0.05, 0.1) is 5.69 Å². The van der Waals surface area contributed by atoms with Crippen molar-refractivity contribution in [3.63, 3.8) is 0 Å². The van der Waals surface area contributed by atoms with Gasteiger partial charge < -0.3 is 10.6 Å². The Bertz CT molecular complexity index is 738. The van der Waals surface area contributed by atoms with Crippen molar-refractivity contribution < 1.29 is 18.0 Å². The van der Waals surface area contributed by atoms with Gasteiger partial charge in [-0.3, -0.25) is 4.79 Å². The van der Waals surface area contributed by atoms with Gasteiger partial charge in [0.15, 0.2) is 17.5 Å². The molecule has 122 valence electrons. The molecular formula is C16H14BrF3N2O. The van der Waals surface area contributed by atoms with E-state index in [9.17, 15) is 18.0 Å². The second-order valence-electron chi connectivity index (χ2n) is 4.91. The van der Waals surface area contributed by atoms with Crippen molar-refractivity contribution in [3.05, 3.63) is 57.8 Å². The molecule has 0 fully saturated rings. The third-order valence-corrected chi connectivity index (χ3v) is 4.01. The minimum absolute atomic E-state index is 0.0456. The maximum atomic E-state index is 13.4. The third kappa shape index (κ3) is 4.48. The van der Waals surface area contributed by atoms with E-state index in [2.05, 4.69) is 26.6 Å². The summed E-state index contributed by atoms with van der Waals surface area (Å²) in [6, 6.07) is 7.30. The Labute approximate surface area is 140 Å². The van der Waals surface area contributed by atoms with Crippen molar-refractivity contribution in [2.45, 2.75) is 13.3 Å². The zero-order valence-corrected chi connectivity index (χ0v) is 13.8. The molecule has 0 spiro atoms. The average molecular weight is 387 g/mol. The van der Waals surface area contributed by atoms with Crippen LogP contribution in [0.2, 0.25) is 0 Å². The van der Waals surface area contributed by atoms with Crippen molar-refractivity contribution >= 4 is 33.2 Å². The van der Waals surface area contributed by atoms with Crippen molar-refractivity contribution in [3.8, 4) is 0 Å². The number of carbonyl (C=O) groups is 1. The van der Waals surface area contributed by atoms with Crippen molar-refractivity contribution in [1.82, 2.24) is 0 Å². The molecule has 0 unspecified atom stereocenters. The van der Waals surface area contributed by atoms with Crippen molar-refractivity contribution in [2.75, 3.05) is 17.2 Å². The first-order chi connectivity index (χ1) is 10.9. The van der Waals surface area contributed by atoms with Crippen LogP contribution in [-0.2, 0) is 4.79 Å². The van der Waals surface area contributed by atoms with Crippen LogP contribution in [0.3, 0.4) is 0 Å². The number of rotatable bonds is 5. The number of carbonyl (C=O) groups excluding carboxylic acids is 1. The topological polar surface area (TPSA) is 41.1 Å². The molecule has 0 saturated carbocycles. The third-order valence-electron chi connectivity index (χ3n) is 3.16. The summed E-state index contributed by atoms with van der Waals surface area (Å²) in [5.74, 6) is -4.37. The molecule has 1 amide bonds. The van der Waals surface area contributed by atoms with Crippen molar-refractivity contribution in [1.29, 1.82) is 0 Å². The summed E-state index contributed by atoms with van der Waals surface area (Å²) in [5, 5.41) is 5.26. The van der Waals surface area contributed by atoms with E-state index in [0.717, 1.165) is 22.2 Å². The van der Waals surface area contributed by atoms with Crippen LogP contribution in [0.5, 0.6) is 0 Å². The van der Waals surface area contributed by atoms with Crippen LogP contribution in [-0.4, -0.2) is 12.5 Å². The zero-order valence-electron chi connectivity index (χ0n) is 12.2. The van der Waals surface area contributed by atoms with Crippen LogP contribution >= 0.6 is 15.9 Å². The highest BCUT2D eigenvalue weighted by molar-refractivity contribution is 9.10. The monoisotopic (exact) mass is 386 g/mol. The van der Waals surface area contributed by atoms with E-state index in [4.69, 9.17) is 0 Å². The van der Waals surface area contributed by atoms with Crippen molar-refractivity contribution in [2.24, 2.45) is 0 Å². The van der Waals surface area contributed by atoms with E-state index in [0.29, 0.717) is 5.69 Å². The second kappa shape index (κ2) is 7.50. The molecule has 3 nitrogen and oxygen atoms in total. The van der Waals surface area contributed by atoms with Gasteiger partial charge in [0.1, 0.15) is 0 Å². The highest BCUT2D eigenvalue weighted by Gasteiger charge is 2.13.